The van der Waals surface area contributed by atoms with Crippen LogP contribution in [-0.4, -0.2) is 0 Å². The first kappa shape index (κ1) is 33.2. The van der Waals surface area contributed by atoms with Crippen LogP contribution in [0.2, 0.25) is 0 Å². The monoisotopic (exact) mass is 729 g/mol. The summed E-state index contributed by atoms with van der Waals surface area (Å²) in [6.07, 6.45) is 0. The number of hydrogen-bond donors (Lipinski definition) is 0. The number of rotatable bonds is 6. The average molecular weight is 730 g/mol. The van der Waals surface area contributed by atoms with E-state index in [4.69, 9.17) is 4.42 Å². The SMILES string of the molecule is CC1(C)c2ccccc2-c2cccc(-c3ccc(N(c4ccc(-c5cccc(-c6cccc7ccccc67)c5)cc4)c4ccc5c(c4)oc4ccccc45)cc3)c21. The van der Waals surface area contributed by atoms with Gasteiger partial charge in [0.05, 0.1) is 0 Å². The van der Waals surface area contributed by atoms with E-state index < -0.39 is 0 Å². The molecule has 2 heteroatoms. The fraction of sp³-hybridized carbons (Fsp3) is 0.0545. The number of fused-ring (bicyclic) bond motifs is 7. The van der Waals surface area contributed by atoms with E-state index in [0.717, 1.165) is 39.0 Å². The first-order valence-electron chi connectivity index (χ1n) is 19.8. The minimum absolute atomic E-state index is 0.0919. The van der Waals surface area contributed by atoms with Crippen LogP contribution in [-0.2, 0) is 5.41 Å². The molecule has 1 heterocycles. The summed E-state index contributed by atoms with van der Waals surface area (Å²) in [7, 11) is 0. The Bertz CT molecular complexity index is 3140. The maximum Gasteiger partial charge on any atom is 0.137 e. The van der Waals surface area contributed by atoms with E-state index >= 15 is 0 Å². The van der Waals surface area contributed by atoms with Crippen LogP contribution in [0.1, 0.15) is 25.0 Å². The van der Waals surface area contributed by atoms with Crippen molar-refractivity contribution in [1.29, 1.82) is 0 Å². The van der Waals surface area contributed by atoms with Crippen LogP contribution in [0.25, 0.3) is 77.2 Å². The van der Waals surface area contributed by atoms with Crippen LogP contribution < -0.4 is 4.90 Å². The highest BCUT2D eigenvalue weighted by Crippen LogP contribution is 2.52. The summed E-state index contributed by atoms with van der Waals surface area (Å²) in [5, 5.41) is 4.76. The van der Waals surface area contributed by atoms with Crippen LogP contribution in [0.3, 0.4) is 0 Å². The molecule has 57 heavy (non-hydrogen) atoms. The van der Waals surface area contributed by atoms with Crippen LogP contribution in [0, 0.1) is 0 Å². The lowest BCUT2D eigenvalue weighted by molar-refractivity contribution is 0.662. The van der Waals surface area contributed by atoms with Gasteiger partial charge in [-0.25, -0.2) is 0 Å². The molecule has 0 amide bonds. The third-order valence-corrected chi connectivity index (χ3v) is 12.1. The van der Waals surface area contributed by atoms with Gasteiger partial charge in [-0.2, -0.15) is 0 Å². The standard InChI is InChI=1S/C55H39NO/c1-55(2)51-22-7-5-17-47(51)50-21-11-20-46(54(50)55)38-26-30-42(31-27-38)56(43-32-33-49-48-18-6-8-23-52(48)57-53(49)35-43)41-28-24-36(25-29-41)39-14-9-15-40(34-39)45-19-10-13-37-12-3-4-16-44(37)45/h3-35H,1-2H3. The Labute approximate surface area is 332 Å². The Balaban J connectivity index is 0.995. The fourth-order valence-corrected chi connectivity index (χ4v) is 9.33. The third kappa shape index (κ3) is 5.40. The molecule has 0 unspecified atom stereocenters. The second-order valence-corrected chi connectivity index (χ2v) is 15.7. The first-order valence-corrected chi connectivity index (χ1v) is 19.8. The van der Waals surface area contributed by atoms with Gasteiger partial charge in [-0.15, -0.1) is 0 Å². The molecule has 0 bridgehead atoms. The number of hydrogen-bond acceptors (Lipinski definition) is 2. The Morgan fingerprint density at radius 3 is 1.79 bits per heavy atom. The number of anilines is 3. The van der Waals surface area contributed by atoms with Crippen LogP contribution in [0.4, 0.5) is 17.1 Å². The van der Waals surface area contributed by atoms with Crippen LogP contribution in [0.15, 0.2) is 205 Å². The highest BCUT2D eigenvalue weighted by molar-refractivity contribution is 6.06. The van der Waals surface area contributed by atoms with Crippen molar-refractivity contribution in [3.8, 4) is 44.5 Å². The lowest BCUT2D eigenvalue weighted by Crippen LogP contribution is -2.16. The molecule has 0 atom stereocenters. The molecule has 9 aromatic carbocycles. The summed E-state index contributed by atoms with van der Waals surface area (Å²) in [5.41, 5.74) is 17.6. The summed E-state index contributed by atoms with van der Waals surface area (Å²) in [6.45, 7) is 4.71. The minimum atomic E-state index is -0.0919. The van der Waals surface area contributed by atoms with Crippen LogP contribution in [0.5, 0.6) is 0 Å². The van der Waals surface area contributed by atoms with E-state index in [0.29, 0.717) is 0 Å². The molecule has 0 N–H and O–H groups in total. The van der Waals surface area contributed by atoms with Crippen molar-refractivity contribution < 1.29 is 4.42 Å². The van der Waals surface area contributed by atoms with Gasteiger partial charge in [0.15, 0.2) is 0 Å². The first-order chi connectivity index (χ1) is 28.0. The molecule has 270 valence electrons. The molecule has 11 rings (SSSR count). The van der Waals surface area contributed by atoms with Crippen molar-refractivity contribution in [2.75, 3.05) is 4.90 Å². The maximum atomic E-state index is 6.41. The molecule has 0 saturated carbocycles. The number of furan rings is 1. The van der Waals surface area contributed by atoms with Gasteiger partial charge in [-0.05, 0) is 115 Å². The second-order valence-electron chi connectivity index (χ2n) is 15.7. The molecule has 0 aliphatic heterocycles. The van der Waals surface area contributed by atoms with E-state index in [1.54, 1.807) is 0 Å². The van der Waals surface area contributed by atoms with E-state index in [1.807, 2.05) is 12.1 Å². The van der Waals surface area contributed by atoms with Gasteiger partial charge in [0.1, 0.15) is 11.2 Å². The normalized spacial score (nSPS) is 12.9. The summed E-state index contributed by atoms with van der Waals surface area (Å²) < 4.78 is 6.41. The quantitative estimate of drug-likeness (QED) is 0.169. The summed E-state index contributed by atoms with van der Waals surface area (Å²) >= 11 is 0. The van der Waals surface area contributed by atoms with Crippen molar-refractivity contribution in [2.45, 2.75) is 19.3 Å². The van der Waals surface area contributed by atoms with Gasteiger partial charge in [0.2, 0.25) is 0 Å². The van der Waals surface area contributed by atoms with Crippen molar-refractivity contribution in [3.63, 3.8) is 0 Å². The van der Waals surface area contributed by atoms with E-state index in [2.05, 4.69) is 207 Å². The van der Waals surface area contributed by atoms with E-state index in [9.17, 15) is 0 Å². The van der Waals surface area contributed by atoms with E-state index in [-0.39, 0.29) is 5.41 Å². The minimum Gasteiger partial charge on any atom is -0.456 e. The molecule has 1 aliphatic rings. The second kappa shape index (κ2) is 13.0. The van der Waals surface area contributed by atoms with Gasteiger partial charge in [-0.3, -0.25) is 0 Å². The lowest BCUT2D eigenvalue weighted by Gasteiger charge is -2.27. The summed E-state index contributed by atoms with van der Waals surface area (Å²) in [4.78, 5) is 2.34. The van der Waals surface area contributed by atoms with Gasteiger partial charge < -0.3 is 9.32 Å². The molecule has 0 spiro atoms. The molecule has 2 nitrogen and oxygen atoms in total. The number of benzene rings is 9. The smallest absolute Gasteiger partial charge is 0.137 e. The summed E-state index contributed by atoms with van der Waals surface area (Å²) in [5.74, 6) is 0. The van der Waals surface area contributed by atoms with Crippen molar-refractivity contribution in [3.05, 3.63) is 211 Å². The zero-order valence-electron chi connectivity index (χ0n) is 31.9. The highest BCUT2D eigenvalue weighted by atomic mass is 16.3. The topological polar surface area (TPSA) is 16.4 Å². The predicted molar refractivity (Wildman–Crippen MR) is 240 cm³/mol. The van der Waals surface area contributed by atoms with Crippen molar-refractivity contribution in [1.82, 2.24) is 0 Å². The molecular weight excluding hydrogens is 691 g/mol. The van der Waals surface area contributed by atoms with Gasteiger partial charge in [0.25, 0.3) is 0 Å². The molecule has 1 aromatic heterocycles. The largest absolute Gasteiger partial charge is 0.456 e. The zero-order valence-corrected chi connectivity index (χ0v) is 31.9. The molecular formula is C55H39NO. The van der Waals surface area contributed by atoms with Crippen LogP contribution >= 0.6 is 0 Å². The van der Waals surface area contributed by atoms with Gasteiger partial charge in [0, 0.05) is 39.3 Å². The Kier molecular flexibility index (Phi) is 7.55. The molecule has 10 aromatic rings. The molecule has 0 fully saturated rings. The zero-order chi connectivity index (χ0) is 38.1. The number of nitrogens with zero attached hydrogens (tertiary/aromatic N) is 1. The maximum absolute atomic E-state index is 6.41. The van der Waals surface area contributed by atoms with Crippen molar-refractivity contribution >= 4 is 49.8 Å². The Hall–Kier alpha value is -7.16. The lowest BCUT2D eigenvalue weighted by atomic mass is 9.79. The molecule has 1 aliphatic carbocycles. The predicted octanol–water partition coefficient (Wildman–Crippen LogP) is 15.5. The van der Waals surface area contributed by atoms with Gasteiger partial charge >= 0.3 is 0 Å². The third-order valence-electron chi connectivity index (χ3n) is 12.1. The molecule has 0 radical (unpaired) electrons. The highest BCUT2D eigenvalue weighted by Gasteiger charge is 2.37. The average Bonchev–Trinajstić information content (AvgIpc) is 3.75. The van der Waals surface area contributed by atoms with Crippen molar-refractivity contribution in [2.24, 2.45) is 0 Å². The number of para-hydroxylation sites is 1. The Morgan fingerprint density at radius 1 is 0.368 bits per heavy atom. The molecule has 0 saturated heterocycles. The Morgan fingerprint density at radius 2 is 0.947 bits per heavy atom. The van der Waals surface area contributed by atoms with Gasteiger partial charge in [-0.1, -0.05) is 159 Å². The fourth-order valence-electron chi connectivity index (χ4n) is 9.33. The summed E-state index contributed by atoms with van der Waals surface area (Å²) in [6, 6.07) is 72.6. The van der Waals surface area contributed by atoms with E-state index in [1.165, 1.54) is 66.4 Å².